The zero-order chi connectivity index (χ0) is 15.7. The van der Waals surface area contributed by atoms with Crippen molar-refractivity contribution in [2.45, 2.75) is 19.3 Å². The maximum Gasteiger partial charge on any atom is 0.409 e. The van der Waals surface area contributed by atoms with Crippen LogP contribution in [0.4, 0.5) is 32.0 Å². The number of anilines is 1. The fourth-order valence-electron chi connectivity index (χ4n) is 1.38. The van der Waals surface area contributed by atoms with E-state index < -0.39 is 24.2 Å². The van der Waals surface area contributed by atoms with Gasteiger partial charge in [-0.05, 0) is 18.6 Å². The number of halogens is 6. The van der Waals surface area contributed by atoms with Crippen LogP contribution in [0, 0.1) is 12.8 Å². The molecule has 0 aromatic heterocycles. The molecule has 0 spiro atoms. The summed E-state index contributed by atoms with van der Waals surface area (Å²) in [6.45, 7) is 1.47. The summed E-state index contributed by atoms with van der Waals surface area (Å²) < 4.78 is 73.7. The van der Waals surface area contributed by atoms with Gasteiger partial charge in [0, 0.05) is 11.8 Å². The van der Waals surface area contributed by atoms with Gasteiger partial charge in [0.05, 0.1) is 0 Å². The van der Waals surface area contributed by atoms with Gasteiger partial charge in [0.2, 0.25) is 11.8 Å². The van der Waals surface area contributed by atoms with Gasteiger partial charge in [-0.3, -0.25) is 4.79 Å². The topological polar surface area (TPSA) is 49.3 Å². The summed E-state index contributed by atoms with van der Waals surface area (Å²) in [6, 6.07) is 3.18. The summed E-state index contributed by atoms with van der Waals surface area (Å²) in [5.41, 5.74) is -0.0113. The van der Waals surface area contributed by atoms with Crippen LogP contribution in [0.5, 0.6) is 5.75 Å². The van der Waals surface area contributed by atoms with E-state index in [4.69, 9.17) is 0 Å². The van der Waals surface area contributed by atoms with Gasteiger partial charge in [-0.2, -0.15) is 26.3 Å². The van der Waals surface area contributed by atoms with E-state index in [1.54, 1.807) is 0 Å². The van der Waals surface area contributed by atoms with Crippen molar-refractivity contribution in [1.82, 2.24) is 0 Å². The summed E-state index contributed by atoms with van der Waals surface area (Å²) in [4.78, 5) is 11.2. The number of carbonyl (C=O) groups excluding carboxylic acids is 1. The van der Waals surface area contributed by atoms with Crippen molar-refractivity contribution in [2.24, 2.45) is 5.92 Å². The number of carbonyl (C=O) groups is 1. The molecule has 0 radical (unpaired) electrons. The Labute approximate surface area is 109 Å². The molecule has 0 heterocycles. The Kier molecular flexibility index (Phi) is 4.21. The Morgan fingerprint density at radius 1 is 1.15 bits per heavy atom. The highest BCUT2D eigenvalue weighted by atomic mass is 19.4. The van der Waals surface area contributed by atoms with E-state index in [2.05, 4.69) is 0 Å². The first kappa shape index (κ1) is 16.1. The normalized spacial score (nSPS) is 12.6. The lowest BCUT2D eigenvalue weighted by atomic mass is 10.1. The SMILES string of the molecule is Cc1ccc(NC(=O)C(C(F)(F)F)C(F)(F)F)cc1O. The molecule has 2 N–H and O–H groups in total. The lowest BCUT2D eigenvalue weighted by Gasteiger charge is -2.22. The summed E-state index contributed by atoms with van der Waals surface area (Å²) in [6.07, 6.45) is -11.5. The quantitative estimate of drug-likeness (QED) is 0.823. The Morgan fingerprint density at radius 3 is 2.05 bits per heavy atom. The number of hydrogen-bond acceptors (Lipinski definition) is 2. The molecule has 20 heavy (non-hydrogen) atoms. The molecule has 1 amide bonds. The molecule has 0 unspecified atom stereocenters. The Hall–Kier alpha value is -1.93. The van der Waals surface area contributed by atoms with Gasteiger partial charge in [-0.15, -0.1) is 0 Å². The number of hydrogen-bond donors (Lipinski definition) is 2. The summed E-state index contributed by atoms with van der Waals surface area (Å²) >= 11 is 0. The highest BCUT2D eigenvalue weighted by Crippen LogP contribution is 2.40. The van der Waals surface area contributed by atoms with E-state index in [1.807, 2.05) is 0 Å². The van der Waals surface area contributed by atoms with Crippen molar-refractivity contribution in [1.29, 1.82) is 0 Å². The van der Waals surface area contributed by atoms with Crippen LogP contribution in [0.15, 0.2) is 18.2 Å². The molecule has 0 saturated heterocycles. The molecular weight excluding hydrogens is 292 g/mol. The summed E-state index contributed by atoms with van der Waals surface area (Å²) in [5, 5.41) is 10.8. The van der Waals surface area contributed by atoms with Crippen molar-refractivity contribution in [3.05, 3.63) is 23.8 Å². The number of rotatable bonds is 2. The summed E-state index contributed by atoms with van der Waals surface area (Å²) in [5.74, 6) is -6.75. The molecule has 1 rings (SSSR count). The first-order chi connectivity index (χ1) is 8.93. The standard InChI is InChI=1S/C11H9F6NO2/c1-5-2-3-6(4-7(5)19)18-9(20)8(10(12,13)14)11(15,16)17/h2-4,8,19H,1H3,(H,18,20). The van der Waals surface area contributed by atoms with Crippen LogP contribution in [0.2, 0.25) is 0 Å². The molecular formula is C11H9F6NO2. The average molecular weight is 301 g/mol. The van der Waals surface area contributed by atoms with Gasteiger partial charge in [-0.25, -0.2) is 0 Å². The summed E-state index contributed by atoms with van der Waals surface area (Å²) in [7, 11) is 0. The first-order valence-corrected chi connectivity index (χ1v) is 5.17. The van der Waals surface area contributed by atoms with Crippen LogP contribution in [0.3, 0.4) is 0 Å². The molecule has 9 heteroatoms. The largest absolute Gasteiger partial charge is 0.508 e. The number of amides is 1. The third-order valence-electron chi connectivity index (χ3n) is 2.39. The zero-order valence-corrected chi connectivity index (χ0v) is 9.93. The van der Waals surface area contributed by atoms with Crippen LogP contribution in [0.1, 0.15) is 5.56 Å². The zero-order valence-electron chi connectivity index (χ0n) is 9.93. The van der Waals surface area contributed by atoms with E-state index >= 15 is 0 Å². The van der Waals surface area contributed by atoms with Crippen LogP contribution < -0.4 is 5.32 Å². The smallest absolute Gasteiger partial charge is 0.409 e. The molecule has 0 saturated carbocycles. The van der Waals surface area contributed by atoms with Crippen molar-refractivity contribution in [2.75, 3.05) is 5.32 Å². The van der Waals surface area contributed by atoms with E-state index in [-0.39, 0.29) is 11.4 Å². The van der Waals surface area contributed by atoms with E-state index in [0.717, 1.165) is 12.1 Å². The number of aryl methyl sites for hydroxylation is 1. The van der Waals surface area contributed by atoms with Crippen LogP contribution in [-0.2, 0) is 4.79 Å². The minimum absolute atomic E-state index is 0.353. The van der Waals surface area contributed by atoms with E-state index in [0.29, 0.717) is 5.56 Å². The van der Waals surface area contributed by atoms with Crippen LogP contribution >= 0.6 is 0 Å². The number of nitrogens with one attached hydrogen (secondary N) is 1. The minimum atomic E-state index is -5.75. The molecule has 0 bridgehead atoms. The van der Waals surface area contributed by atoms with Crippen LogP contribution in [0.25, 0.3) is 0 Å². The average Bonchev–Trinajstić information content (AvgIpc) is 2.18. The predicted molar refractivity (Wildman–Crippen MR) is 57.1 cm³/mol. The highest BCUT2D eigenvalue weighted by Gasteiger charge is 2.61. The molecule has 0 aliphatic carbocycles. The number of benzene rings is 1. The van der Waals surface area contributed by atoms with Gasteiger partial charge in [0.25, 0.3) is 0 Å². The molecule has 0 fully saturated rings. The van der Waals surface area contributed by atoms with Gasteiger partial charge in [-0.1, -0.05) is 6.07 Å². The lowest BCUT2D eigenvalue weighted by Crippen LogP contribution is -2.45. The fraction of sp³-hybridized carbons (Fsp3) is 0.364. The molecule has 3 nitrogen and oxygen atoms in total. The van der Waals surface area contributed by atoms with Gasteiger partial charge in [0.15, 0.2) is 0 Å². The minimum Gasteiger partial charge on any atom is -0.508 e. The molecule has 112 valence electrons. The molecule has 0 aliphatic rings. The van der Waals surface area contributed by atoms with Gasteiger partial charge >= 0.3 is 12.4 Å². The van der Waals surface area contributed by atoms with E-state index in [1.165, 1.54) is 18.3 Å². The van der Waals surface area contributed by atoms with Gasteiger partial charge in [0.1, 0.15) is 5.75 Å². The second kappa shape index (κ2) is 5.22. The number of phenols is 1. The first-order valence-electron chi connectivity index (χ1n) is 5.17. The molecule has 1 aromatic rings. The van der Waals surface area contributed by atoms with E-state index in [9.17, 15) is 36.2 Å². The van der Waals surface area contributed by atoms with Crippen molar-refractivity contribution < 1.29 is 36.2 Å². The second-order valence-corrected chi connectivity index (χ2v) is 4.01. The molecule has 1 aromatic carbocycles. The number of aromatic hydroxyl groups is 1. The fourth-order valence-corrected chi connectivity index (χ4v) is 1.38. The molecule has 0 aliphatic heterocycles. The van der Waals surface area contributed by atoms with Crippen LogP contribution in [-0.4, -0.2) is 23.4 Å². The van der Waals surface area contributed by atoms with Crippen molar-refractivity contribution in [3.8, 4) is 5.75 Å². The lowest BCUT2D eigenvalue weighted by molar-refractivity contribution is -0.272. The second-order valence-electron chi connectivity index (χ2n) is 4.01. The Balaban J connectivity index is 3.00. The highest BCUT2D eigenvalue weighted by molar-refractivity contribution is 5.93. The maximum atomic E-state index is 12.3. The van der Waals surface area contributed by atoms with Gasteiger partial charge < -0.3 is 10.4 Å². The van der Waals surface area contributed by atoms with Crippen molar-refractivity contribution >= 4 is 11.6 Å². The Bertz CT molecular complexity index is 495. The Morgan fingerprint density at radius 2 is 1.65 bits per heavy atom. The number of phenolic OH excluding ortho intramolecular Hbond substituents is 1. The monoisotopic (exact) mass is 301 g/mol. The third-order valence-corrected chi connectivity index (χ3v) is 2.39. The molecule has 0 atom stereocenters. The maximum absolute atomic E-state index is 12.3. The predicted octanol–water partition coefficient (Wildman–Crippen LogP) is 3.38. The third kappa shape index (κ3) is 3.78. The van der Waals surface area contributed by atoms with Crippen molar-refractivity contribution in [3.63, 3.8) is 0 Å². The number of alkyl halides is 6.